The van der Waals surface area contributed by atoms with Crippen molar-refractivity contribution in [3.05, 3.63) is 0 Å². The SMILES string of the molecule is N[C@@H]1CCC[C@@H]1N1CCC(O)CC1. The van der Waals surface area contributed by atoms with Gasteiger partial charge in [-0.3, -0.25) is 4.90 Å². The second-order valence-corrected chi connectivity index (χ2v) is 4.43. The minimum Gasteiger partial charge on any atom is -0.393 e. The van der Waals surface area contributed by atoms with Crippen molar-refractivity contribution in [3.8, 4) is 0 Å². The molecule has 76 valence electrons. The van der Waals surface area contributed by atoms with Crippen molar-refractivity contribution in [2.45, 2.75) is 50.3 Å². The van der Waals surface area contributed by atoms with Crippen LogP contribution in [0.1, 0.15) is 32.1 Å². The highest BCUT2D eigenvalue weighted by atomic mass is 16.3. The third kappa shape index (κ3) is 2.03. The van der Waals surface area contributed by atoms with Gasteiger partial charge in [0.1, 0.15) is 0 Å². The molecular weight excluding hydrogens is 164 g/mol. The molecule has 3 heteroatoms. The van der Waals surface area contributed by atoms with E-state index < -0.39 is 0 Å². The number of nitrogens with zero attached hydrogens (tertiary/aromatic N) is 1. The van der Waals surface area contributed by atoms with Gasteiger partial charge in [-0.15, -0.1) is 0 Å². The van der Waals surface area contributed by atoms with Crippen LogP contribution in [0.25, 0.3) is 0 Å². The van der Waals surface area contributed by atoms with E-state index in [9.17, 15) is 5.11 Å². The fourth-order valence-electron chi connectivity index (χ4n) is 2.64. The molecule has 2 atom stereocenters. The number of piperidine rings is 1. The number of hydrogen-bond acceptors (Lipinski definition) is 3. The smallest absolute Gasteiger partial charge is 0.0564 e. The molecule has 0 aromatic rings. The molecule has 0 aromatic heterocycles. The van der Waals surface area contributed by atoms with Crippen LogP contribution in [0, 0.1) is 0 Å². The minimum absolute atomic E-state index is 0.0612. The second-order valence-electron chi connectivity index (χ2n) is 4.43. The van der Waals surface area contributed by atoms with Crippen molar-refractivity contribution >= 4 is 0 Å². The first-order valence-electron chi connectivity index (χ1n) is 5.45. The van der Waals surface area contributed by atoms with E-state index in [4.69, 9.17) is 5.73 Å². The van der Waals surface area contributed by atoms with Gasteiger partial charge in [0.15, 0.2) is 0 Å². The minimum atomic E-state index is -0.0612. The van der Waals surface area contributed by atoms with Crippen molar-refractivity contribution in [1.82, 2.24) is 4.90 Å². The summed E-state index contributed by atoms with van der Waals surface area (Å²) in [6, 6.07) is 0.989. The maximum Gasteiger partial charge on any atom is 0.0564 e. The van der Waals surface area contributed by atoms with Gasteiger partial charge in [-0.05, 0) is 25.7 Å². The standard InChI is InChI=1S/C10H20N2O/c11-9-2-1-3-10(9)12-6-4-8(13)5-7-12/h8-10,13H,1-7,11H2/t9-,10+/m1/s1. The summed E-state index contributed by atoms with van der Waals surface area (Å²) in [4.78, 5) is 2.48. The van der Waals surface area contributed by atoms with Crippen LogP contribution in [0.15, 0.2) is 0 Å². The Labute approximate surface area is 79.9 Å². The molecule has 0 amide bonds. The van der Waals surface area contributed by atoms with Crippen LogP contribution in [0.2, 0.25) is 0 Å². The first kappa shape index (κ1) is 9.44. The number of aliphatic hydroxyl groups is 1. The molecule has 0 radical (unpaired) electrons. The van der Waals surface area contributed by atoms with Crippen LogP contribution in [-0.4, -0.2) is 41.3 Å². The molecular formula is C10H20N2O. The molecule has 2 fully saturated rings. The topological polar surface area (TPSA) is 49.5 Å². The molecule has 0 unspecified atom stereocenters. The molecule has 13 heavy (non-hydrogen) atoms. The first-order valence-corrected chi connectivity index (χ1v) is 5.45. The summed E-state index contributed by atoms with van der Waals surface area (Å²) in [5.41, 5.74) is 6.04. The largest absolute Gasteiger partial charge is 0.393 e. The van der Waals surface area contributed by atoms with Crippen LogP contribution >= 0.6 is 0 Å². The van der Waals surface area contributed by atoms with Gasteiger partial charge in [0.2, 0.25) is 0 Å². The quantitative estimate of drug-likeness (QED) is 0.617. The summed E-state index contributed by atoms with van der Waals surface area (Å²) in [6.07, 6.45) is 5.53. The zero-order valence-electron chi connectivity index (χ0n) is 8.15. The van der Waals surface area contributed by atoms with Crippen LogP contribution in [-0.2, 0) is 0 Å². The molecule has 1 aliphatic heterocycles. The lowest BCUT2D eigenvalue weighted by atomic mass is 10.0. The lowest BCUT2D eigenvalue weighted by molar-refractivity contribution is 0.0585. The fraction of sp³-hybridized carbons (Fsp3) is 1.00. The van der Waals surface area contributed by atoms with Crippen molar-refractivity contribution in [2.75, 3.05) is 13.1 Å². The van der Waals surface area contributed by atoms with Gasteiger partial charge in [0.05, 0.1) is 6.10 Å². The Morgan fingerprint density at radius 3 is 2.31 bits per heavy atom. The zero-order valence-corrected chi connectivity index (χ0v) is 8.15. The Bertz CT molecular complexity index is 166. The van der Waals surface area contributed by atoms with Gasteiger partial charge < -0.3 is 10.8 Å². The van der Waals surface area contributed by atoms with E-state index in [0.717, 1.165) is 25.9 Å². The third-order valence-electron chi connectivity index (χ3n) is 3.50. The summed E-state index contributed by atoms with van der Waals surface area (Å²) in [5, 5.41) is 9.38. The van der Waals surface area contributed by atoms with Crippen molar-refractivity contribution in [3.63, 3.8) is 0 Å². The molecule has 2 aliphatic rings. The molecule has 1 aliphatic carbocycles. The molecule has 3 N–H and O–H groups in total. The van der Waals surface area contributed by atoms with E-state index >= 15 is 0 Å². The van der Waals surface area contributed by atoms with Crippen LogP contribution in [0.5, 0.6) is 0 Å². The monoisotopic (exact) mass is 184 g/mol. The van der Waals surface area contributed by atoms with Gasteiger partial charge in [-0.2, -0.15) is 0 Å². The van der Waals surface area contributed by atoms with Gasteiger partial charge >= 0.3 is 0 Å². The molecule has 1 heterocycles. The molecule has 3 nitrogen and oxygen atoms in total. The highest BCUT2D eigenvalue weighted by Crippen LogP contribution is 2.25. The Hall–Kier alpha value is -0.120. The van der Waals surface area contributed by atoms with Crippen molar-refractivity contribution in [2.24, 2.45) is 5.73 Å². The Morgan fingerprint density at radius 1 is 1.08 bits per heavy atom. The second kappa shape index (κ2) is 3.95. The van der Waals surface area contributed by atoms with E-state index in [1.165, 1.54) is 19.3 Å². The van der Waals surface area contributed by atoms with Crippen molar-refractivity contribution in [1.29, 1.82) is 0 Å². The van der Waals surface area contributed by atoms with Crippen LogP contribution in [0.3, 0.4) is 0 Å². The number of likely N-dealkylation sites (tertiary alicyclic amines) is 1. The number of aliphatic hydroxyl groups excluding tert-OH is 1. The number of hydrogen-bond donors (Lipinski definition) is 2. The summed E-state index contributed by atoms with van der Waals surface area (Å²) in [7, 11) is 0. The fourth-order valence-corrected chi connectivity index (χ4v) is 2.64. The Morgan fingerprint density at radius 2 is 1.77 bits per heavy atom. The lowest BCUT2D eigenvalue weighted by Gasteiger charge is -2.36. The maximum absolute atomic E-state index is 9.38. The van der Waals surface area contributed by atoms with Crippen LogP contribution < -0.4 is 5.73 Å². The zero-order chi connectivity index (χ0) is 9.26. The maximum atomic E-state index is 9.38. The Balaban J connectivity index is 1.86. The highest BCUT2D eigenvalue weighted by molar-refractivity contribution is 4.89. The highest BCUT2D eigenvalue weighted by Gasteiger charge is 2.31. The van der Waals surface area contributed by atoms with E-state index in [-0.39, 0.29) is 6.10 Å². The van der Waals surface area contributed by atoms with E-state index in [1.54, 1.807) is 0 Å². The summed E-state index contributed by atoms with van der Waals surface area (Å²) in [6.45, 7) is 2.08. The van der Waals surface area contributed by atoms with Crippen LogP contribution in [0.4, 0.5) is 0 Å². The molecule has 1 saturated heterocycles. The van der Waals surface area contributed by atoms with E-state index in [2.05, 4.69) is 4.90 Å². The number of rotatable bonds is 1. The summed E-state index contributed by atoms with van der Waals surface area (Å²) >= 11 is 0. The summed E-state index contributed by atoms with van der Waals surface area (Å²) < 4.78 is 0. The van der Waals surface area contributed by atoms with Gasteiger partial charge in [-0.1, -0.05) is 6.42 Å². The predicted octanol–water partition coefficient (Wildman–Crippen LogP) is 0.323. The average Bonchev–Trinajstić information content (AvgIpc) is 2.53. The summed E-state index contributed by atoms with van der Waals surface area (Å²) in [5.74, 6) is 0. The van der Waals surface area contributed by atoms with Gasteiger partial charge in [-0.25, -0.2) is 0 Å². The lowest BCUT2D eigenvalue weighted by Crippen LogP contribution is -2.48. The van der Waals surface area contributed by atoms with Gasteiger partial charge in [0.25, 0.3) is 0 Å². The molecule has 0 bridgehead atoms. The van der Waals surface area contributed by atoms with E-state index in [1.807, 2.05) is 0 Å². The molecule has 1 saturated carbocycles. The molecule has 2 rings (SSSR count). The van der Waals surface area contributed by atoms with E-state index in [0.29, 0.717) is 12.1 Å². The normalized spacial score (nSPS) is 38.3. The first-order chi connectivity index (χ1) is 6.27. The third-order valence-corrected chi connectivity index (χ3v) is 3.50. The van der Waals surface area contributed by atoms with Gasteiger partial charge in [0, 0.05) is 25.2 Å². The molecule has 0 spiro atoms. The predicted molar refractivity (Wildman–Crippen MR) is 52.4 cm³/mol. The average molecular weight is 184 g/mol. The molecule has 0 aromatic carbocycles. The van der Waals surface area contributed by atoms with Crippen molar-refractivity contribution < 1.29 is 5.11 Å². The Kier molecular flexibility index (Phi) is 2.86. The number of nitrogens with two attached hydrogens (primary N) is 1.